The first kappa shape index (κ1) is 12.5. The molecule has 1 fully saturated rings. The molecule has 17 heavy (non-hydrogen) atoms. The summed E-state index contributed by atoms with van der Waals surface area (Å²) in [5.41, 5.74) is 5.40. The van der Waals surface area contributed by atoms with E-state index in [1.807, 2.05) is 7.05 Å². The monoisotopic (exact) mass is 240 g/mol. The van der Waals surface area contributed by atoms with Gasteiger partial charge < -0.3 is 15.0 Å². The highest BCUT2D eigenvalue weighted by Crippen LogP contribution is 2.28. The highest BCUT2D eigenvalue weighted by molar-refractivity contribution is 4.85. The molecule has 6 nitrogen and oxygen atoms in total. The lowest BCUT2D eigenvalue weighted by Gasteiger charge is -2.14. The molecule has 0 aromatic carbocycles. The van der Waals surface area contributed by atoms with E-state index < -0.39 is 0 Å². The number of hydrogen-bond acceptors (Lipinski definition) is 6. The third-order valence-corrected chi connectivity index (χ3v) is 2.76. The molecule has 0 atom stereocenters. The van der Waals surface area contributed by atoms with Crippen LogP contribution in [0, 0.1) is 5.92 Å². The Labute approximate surface area is 101 Å². The summed E-state index contributed by atoms with van der Waals surface area (Å²) in [4.78, 5) is 6.26. The Hall–Kier alpha value is -0.980. The van der Waals surface area contributed by atoms with Crippen LogP contribution in [0.5, 0.6) is 0 Å². The van der Waals surface area contributed by atoms with E-state index in [2.05, 4.69) is 15.0 Å². The molecule has 2 N–H and O–H groups in total. The number of likely N-dealkylation sites (N-methyl/N-ethyl adjacent to an activating group) is 1. The van der Waals surface area contributed by atoms with Gasteiger partial charge in [0.05, 0.1) is 19.7 Å². The molecule has 96 valence electrons. The van der Waals surface area contributed by atoms with E-state index in [9.17, 15) is 0 Å². The van der Waals surface area contributed by atoms with Gasteiger partial charge in [-0.1, -0.05) is 5.16 Å². The molecule has 0 unspecified atom stereocenters. The Balaban J connectivity index is 1.60. The third kappa shape index (κ3) is 4.41. The van der Waals surface area contributed by atoms with E-state index in [1.165, 1.54) is 12.8 Å². The molecular weight excluding hydrogens is 220 g/mol. The first-order valence-corrected chi connectivity index (χ1v) is 6.05. The Morgan fingerprint density at radius 3 is 3.00 bits per heavy atom. The lowest BCUT2D eigenvalue weighted by atomic mass is 10.4. The molecule has 0 bridgehead atoms. The molecule has 1 saturated carbocycles. The molecule has 0 spiro atoms. The number of rotatable bonds is 8. The smallest absolute Gasteiger partial charge is 0.240 e. The molecule has 1 aromatic heterocycles. The predicted octanol–water partition coefficient (Wildman–Crippen LogP) is 0.387. The van der Waals surface area contributed by atoms with E-state index in [1.54, 1.807) is 0 Å². The van der Waals surface area contributed by atoms with Gasteiger partial charge in [-0.3, -0.25) is 4.90 Å². The summed E-state index contributed by atoms with van der Waals surface area (Å²) in [6.07, 6.45) is 2.67. The van der Waals surface area contributed by atoms with Gasteiger partial charge >= 0.3 is 0 Å². The minimum Gasteiger partial charge on any atom is -0.380 e. The van der Waals surface area contributed by atoms with Crippen molar-refractivity contribution in [2.24, 2.45) is 11.7 Å². The van der Waals surface area contributed by atoms with Crippen molar-refractivity contribution < 1.29 is 9.26 Å². The van der Waals surface area contributed by atoms with Gasteiger partial charge in [-0.05, 0) is 25.8 Å². The average Bonchev–Trinajstić information content (AvgIpc) is 3.04. The van der Waals surface area contributed by atoms with Gasteiger partial charge in [0.25, 0.3) is 0 Å². The van der Waals surface area contributed by atoms with Gasteiger partial charge in [-0.25, -0.2) is 0 Å². The van der Waals surface area contributed by atoms with Crippen molar-refractivity contribution in [3.63, 3.8) is 0 Å². The number of nitrogens with two attached hydrogens (primary N) is 1. The zero-order valence-electron chi connectivity index (χ0n) is 10.3. The topological polar surface area (TPSA) is 77.4 Å². The van der Waals surface area contributed by atoms with Crippen molar-refractivity contribution >= 4 is 0 Å². The van der Waals surface area contributed by atoms with Gasteiger partial charge in [0.1, 0.15) is 0 Å². The predicted molar refractivity (Wildman–Crippen MR) is 62.1 cm³/mol. The summed E-state index contributed by atoms with van der Waals surface area (Å²) in [5.74, 6) is 1.98. The number of aromatic nitrogens is 2. The molecule has 0 saturated heterocycles. The number of nitrogens with zero attached hydrogens (tertiary/aromatic N) is 3. The first-order chi connectivity index (χ1) is 8.28. The standard InChI is InChI=1S/C11H20N4O2/c1-15(4-5-16-8-9-2-3-9)7-10-13-11(6-12)17-14-10/h9H,2-8,12H2,1H3. The van der Waals surface area contributed by atoms with Gasteiger partial charge in [-0.15, -0.1) is 0 Å². The molecule has 0 amide bonds. The molecule has 6 heteroatoms. The van der Waals surface area contributed by atoms with Crippen LogP contribution in [0.2, 0.25) is 0 Å². The first-order valence-electron chi connectivity index (χ1n) is 6.05. The van der Waals surface area contributed by atoms with Crippen LogP contribution in [0.3, 0.4) is 0 Å². The fourth-order valence-electron chi connectivity index (χ4n) is 1.51. The lowest BCUT2D eigenvalue weighted by Crippen LogP contribution is -2.23. The zero-order chi connectivity index (χ0) is 12.1. The Morgan fingerprint density at radius 2 is 2.35 bits per heavy atom. The Bertz CT molecular complexity index is 338. The van der Waals surface area contributed by atoms with Gasteiger partial charge in [0.15, 0.2) is 5.82 Å². The zero-order valence-corrected chi connectivity index (χ0v) is 10.3. The van der Waals surface area contributed by atoms with Gasteiger partial charge in [-0.2, -0.15) is 4.98 Å². The maximum Gasteiger partial charge on any atom is 0.240 e. The van der Waals surface area contributed by atoms with E-state index in [-0.39, 0.29) is 0 Å². The van der Waals surface area contributed by atoms with Crippen LogP contribution in [0.4, 0.5) is 0 Å². The summed E-state index contributed by atoms with van der Waals surface area (Å²) in [6, 6.07) is 0. The SMILES string of the molecule is CN(CCOCC1CC1)Cc1noc(CN)n1. The molecule has 0 aliphatic heterocycles. The highest BCUT2D eigenvalue weighted by Gasteiger charge is 2.21. The minimum absolute atomic E-state index is 0.293. The maximum atomic E-state index is 5.57. The van der Waals surface area contributed by atoms with E-state index in [4.69, 9.17) is 15.0 Å². The second kappa shape index (κ2) is 6.09. The fourth-order valence-corrected chi connectivity index (χ4v) is 1.51. The van der Waals surface area contributed by atoms with Crippen molar-refractivity contribution in [1.29, 1.82) is 0 Å². The molecular formula is C11H20N4O2. The van der Waals surface area contributed by atoms with Crippen LogP contribution in [0.25, 0.3) is 0 Å². The fraction of sp³-hybridized carbons (Fsp3) is 0.818. The number of ether oxygens (including phenoxy) is 1. The Kier molecular flexibility index (Phi) is 4.47. The maximum absolute atomic E-state index is 5.57. The minimum atomic E-state index is 0.293. The second-order valence-electron chi connectivity index (χ2n) is 4.56. The largest absolute Gasteiger partial charge is 0.380 e. The van der Waals surface area contributed by atoms with Crippen LogP contribution in [-0.2, 0) is 17.8 Å². The van der Waals surface area contributed by atoms with Crippen LogP contribution >= 0.6 is 0 Å². The summed E-state index contributed by atoms with van der Waals surface area (Å²) in [5, 5.41) is 3.84. The summed E-state index contributed by atoms with van der Waals surface area (Å²) in [6.45, 7) is 3.50. The molecule has 1 heterocycles. The summed E-state index contributed by atoms with van der Waals surface area (Å²) in [7, 11) is 2.01. The highest BCUT2D eigenvalue weighted by atomic mass is 16.5. The van der Waals surface area contributed by atoms with Crippen molar-refractivity contribution in [2.45, 2.75) is 25.9 Å². The normalized spacial score (nSPS) is 15.7. The van der Waals surface area contributed by atoms with E-state index in [0.717, 1.165) is 25.7 Å². The molecule has 2 rings (SSSR count). The molecule has 0 radical (unpaired) electrons. The van der Waals surface area contributed by atoms with Crippen LogP contribution < -0.4 is 5.73 Å². The number of hydrogen-bond donors (Lipinski definition) is 1. The lowest BCUT2D eigenvalue weighted by molar-refractivity contribution is 0.101. The van der Waals surface area contributed by atoms with Crippen LogP contribution in [0.15, 0.2) is 4.52 Å². The van der Waals surface area contributed by atoms with Crippen molar-refractivity contribution in [2.75, 3.05) is 26.8 Å². The van der Waals surface area contributed by atoms with E-state index >= 15 is 0 Å². The molecule has 1 aliphatic rings. The Morgan fingerprint density at radius 1 is 1.53 bits per heavy atom. The average molecular weight is 240 g/mol. The van der Waals surface area contributed by atoms with E-state index in [0.29, 0.717) is 24.8 Å². The van der Waals surface area contributed by atoms with Gasteiger partial charge in [0, 0.05) is 13.2 Å². The second-order valence-corrected chi connectivity index (χ2v) is 4.56. The van der Waals surface area contributed by atoms with Crippen LogP contribution in [-0.4, -0.2) is 41.8 Å². The van der Waals surface area contributed by atoms with Crippen LogP contribution in [0.1, 0.15) is 24.6 Å². The third-order valence-electron chi connectivity index (χ3n) is 2.76. The van der Waals surface area contributed by atoms with Gasteiger partial charge in [0.2, 0.25) is 5.89 Å². The molecule has 1 aliphatic carbocycles. The molecule has 1 aromatic rings. The summed E-state index contributed by atoms with van der Waals surface area (Å²) < 4.78 is 10.5. The van der Waals surface area contributed by atoms with Crippen molar-refractivity contribution in [1.82, 2.24) is 15.0 Å². The van der Waals surface area contributed by atoms with Crippen molar-refractivity contribution in [3.8, 4) is 0 Å². The summed E-state index contributed by atoms with van der Waals surface area (Å²) >= 11 is 0. The van der Waals surface area contributed by atoms with Crippen molar-refractivity contribution in [3.05, 3.63) is 11.7 Å². The quantitative estimate of drug-likeness (QED) is 0.662.